The second-order valence-electron chi connectivity index (χ2n) is 5.09. The Labute approximate surface area is 118 Å². The number of likely N-dealkylation sites (tertiary alicyclic amines) is 1. The van der Waals surface area contributed by atoms with Gasteiger partial charge in [0.05, 0.1) is 10.7 Å². The first-order valence-corrected chi connectivity index (χ1v) is 7.96. The summed E-state index contributed by atoms with van der Waals surface area (Å²) in [4.78, 5) is 18.6. The van der Waals surface area contributed by atoms with Gasteiger partial charge in [0.1, 0.15) is 4.88 Å². The Balaban J connectivity index is 1.97. The molecule has 1 aliphatic heterocycles. The van der Waals surface area contributed by atoms with E-state index < -0.39 is 5.97 Å². The molecule has 0 spiro atoms. The van der Waals surface area contributed by atoms with Gasteiger partial charge < -0.3 is 10.0 Å². The lowest BCUT2D eigenvalue weighted by molar-refractivity contribution is 0.0700. The number of thiazole rings is 1. The van der Waals surface area contributed by atoms with Crippen LogP contribution in [0.5, 0.6) is 0 Å². The second kappa shape index (κ2) is 7.01. The zero-order chi connectivity index (χ0) is 13.7. The lowest BCUT2D eigenvalue weighted by atomic mass is 10.2. The van der Waals surface area contributed by atoms with Gasteiger partial charge >= 0.3 is 5.97 Å². The maximum Gasteiger partial charge on any atom is 0.347 e. The molecule has 2 rings (SSSR count). The number of carboxylic acids is 1. The Morgan fingerprint density at radius 2 is 2.11 bits per heavy atom. The number of aromatic nitrogens is 1. The molecule has 0 saturated carbocycles. The third kappa shape index (κ3) is 4.01. The van der Waals surface area contributed by atoms with Crippen molar-refractivity contribution in [2.24, 2.45) is 0 Å². The van der Waals surface area contributed by atoms with Crippen LogP contribution in [0.25, 0.3) is 0 Å². The minimum absolute atomic E-state index is 0.449. The fourth-order valence-electron chi connectivity index (χ4n) is 2.45. The molecule has 0 unspecified atom stereocenters. The number of unbranched alkanes of at least 4 members (excludes halogenated alkanes) is 1. The van der Waals surface area contributed by atoms with Crippen LogP contribution in [-0.2, 0) is 12.8 Å². The monoisotopic (exact) mass is 282 g/mol. The Morgan fingerprint density at radius 1 is 1.37 bits per heavy atom. The first-order valence-electron chi connectivity index (χ1n) is 7.15. The zero-order valence-electron chi connectivity index (χ0n) is 11.5. The van der Waals surface area contributed by atoms with Gasteiger partial charge in [-0.3, -0.25) is 0 Å². The highest BCUT2D eigenvalue weighted by Crippen LogP contribution is 2.21. The Hall–Kier alpha value is -0.940. The minimum atomic E-state index is -0.823. The quantitative estimate of drug-likeness (QED) is 0.835. The molecule has 2 heterocycles. The van der Waals surface area contributed by atoms with E-state index in [-0.39, 0.29) is 0 Å². The summed E-state index contributed by atoms with van der Waals surface area (Å²) >= 11 is 1.36. The van der Waals surface area contributed by atoms with E-state index in [1.54, 1.807) is 0 Å². The minimum Gasteiger partial charge on any atom is -0.477 e. The number of carbonyl (C=O) groups is 1. The summed E-state index contributed by atoms with van der Waals surface area (Å²) in [7, 11) is 0. The maximum absolute atomic E-state index is 11.2. The van der Waals surface area contributed by atoms with Crippen LogP contribution in [0, 0.1) is 0 Å². The summed E-state index contributed by atoms with van der Waals surface area (Å²) in [5.41, 5.74) is 0.788. The lowest BCUT2D eigenvalue weighted by Crippen LogP contribution is -2.21. The van der Waals surface area contributed by atoms with Crippen LogP contribution >= 0.6 is 11.3 Å². The van der Waals surface area contributed by atoms with Crippen molar-refractivity contribution in [1.82, 2.24) is 9.88 Å². The molecule has 1 fully saturated rings. The van der Waals surface area contributed by atoms with Gasteiger partial charge in [0, 0.05) is 13.0 Å². The lowest BCUT2D eigenvalue weighted by Gasteiger charge is -2.12. The smallest absolute Gasteiger partial charge is 0.347 e. The molecular weight excluding hydrogens is 260 g/mol. The van der Waals surface area contributed by atoms with Crippen molar-refractivity contribution in [3.05, 3.63) is 15.6 Å². The summed E-state index contributed by atoms with van der Waals surface area (Å²) in [5, 5.41) is 10.2. The summed E-state index contributed by atoms with van der Waals surface area (Å²) in [6, 6.07) is 0. The van der Waals surface area contributed by atoms with Crippen LogP contribution in [0.4, 0.5) is 0 Å². The molecule has 0 aliphatic carbocycles. The molecule has 106 valence electrons. The van der Waals surface area contributed by atoms with Crippen LogP contribution < -0.4 is 0 Å². The van der Waals surface area contributed by atoms with Gasteiger partial charge in [-0.25, -0.2) is 9.78 Å². The fraction of sp³-hybridized carbons (Fsp3) is 0.714. The van der Waals surface area contributed by atoms with Crippen molar-refractivity contribution in [2.75, 3.05) is 19.6 Å². The number of carboxylic acid groups (broad SMARTS) is 1. The van der Waals surface area contributed by atoms with Crippen molar-refractivity contribution >= 4 is 17.3 Å². The number of hydrogen-bond donors (Lipinski definition) is 1. The Bertz CT molecular complexity index is 425. The van der Waals surface area contributed by atoms with Crippen LogP contribution in [0.3, 0.4) is 0 Å². The van der Waals surface area contributed by atoms with Gasteiger partial charge in [0.25, 0.3) is 0 Å². The Kier molecular flexibility index (Phi) is 5.34. The number of rotatable bonds is 7. The predicted molar refractivity (Wildman–Crippen MR) is 77.1 cm³/mol. The van der Waals surface area contributed by atoms with Crippen molar-refractivity contribution in [3.63, 3.8) is 0 Å². The number of aryl methyl sites for hydroxylation is 1. The third-order valence-corrected chi connectivity index (χ3v) is 4.69. The van der Waals surface area contributed by atoms with Crippen LogP contribution in [-0.4, -0.2) is 40.6 Å². The molecule has 4 nitrogen and oxygen atoms in total. The molecule has 1 aliphatic rings. The maximum atomic E-state index is 11.2. The number of nitrogens with zero attached hydrogens (tertiary/aromatic N) is 2. The molecule has 0 atom stereocenters. The van der Waals surface area contributed by atoms with Gasteiger partial charge in [-0.05, 0) is 38.8 Å². The predicted octanol–water partition coefficient (Wildman–Crippen LogP) is 2.82. The second-order valence-corrected chi connectivity index (χ2v) is 6.17. The van der Waals surface area contributed by atoms with Crippen LogP contribution in [0.2, 0.25) is 0 Å². The molecule has 0 bridgehead atoms. The summed E-state index contributed by atoms with van der Waals surface area (Å²) in [6.07, 6.45) is 6.34. The van der Waals surface area contributed by atoms with Gasteiger partial charge in [0.15, 0.2) is 0 Å². The van der Waals surface area contributed by atoms with Crippen LogP contribution in [0.15, 0.2) is 0 Å². The van der Waals surface area contributed by atoms with Crippen molar-refractivity contribution in [2.45, 2.75) is 45.4 Å². The molecule has 1 saturated heterocycles. The number of aromatic carboxylic acids is 1. The third-order valence-electron chi connectivity index (χ3n) is 3.54. The zero-order valence-corrected chi connectivity index (χ0v) is 12.3. The van der Waals surface area contributed by atoms with E-state index >= 15 is 0 Å². The molecular formula is C14H22N2O2S. The Morgan fingerprint density at radius 3 is 2.74 bits per heavy atom. The molecule has 1 N–H and O–H groups in total. The largest absolute Gasteiger partial charge is 0.477 e. The van der Waals surface area contributed by atoms with E-state index in [1.807, 2.05) is 0 Å². The van der Waals surface area contributed by atoms with E-state index in [9.17, 15) is 9.90 Å². The topological polar surface area (TPSA) is 53.4 Å². The molecule has 0 radical (unpaired) electrons. The van der Waals surface area contributed by atoms with Gasteiger partial charge in [-0.1, -0.05) is 13.3 Å². The van der Waals surface area contributed by atoms with Gasteiger partial charge in [0.2, 0.25) is 0 Å². The van der Waals surface area contributed by atoms with E-state index in [1.165, 1.54) is 37.3 Å². The standard InChI is InChI=1S/C14H22N2O2S/c1-2-3-6-11-13(14(17)18)19-12(15-11)7-10-16-8-4-5-9-16/h2-10H2,1H3,(H,17,18). The summed E-state index contributed by atoms with van der Waals surface area (Å²) < 4.78 is 0. The van der Waals surface area contributed by atoms with E-state index in [4.69, 9.17) is 0 Å². The van der Waals surface area contributed by atoms with E-state index in [0.29, 0.717) is 4.88 Å². The van der Waals surface area contributed by atoms with Gasteiger partial charge in [-0.2, -0.15) is 0 Å². The molecule has 1 aromatic rings. The molecule has 5 heteroatoms. The summed E-state index contributed by atoms with van der Waals surface area (Å²) in [5.74, 6) is -0.823. The molecule has 0 amide bonds. The highest BCUT2D eigenvalue weighted by molar-refractivity contribution is 7.13. The summed E-state index contributed by atoms with van der Waals surface area (Å²) in [6.45, 7) is 5.49. The highest BCUT2D eigenvalue weighted by Gasteiger charge is 2.18. The van der Waals surface area contributed by atoms with Crippen molar-refractivity contribution < 1.29 is 9.90 Å². The fourth-order valence-corrected chi connectivity index (χ4v) is 3.39. The molecule has 1 aromatic heterocycles. The van der Waals surface area contributed by atoms with Gasteiger partial charge in [-0.15, -0.1) is 11.3 Å². The van der Waals surface area contributed by atoms with Crippen molar-refractivity contribution in [1.29, 1.82) is 0 Å². The van der Waals surface area contributed by atoms with E-state index in [0.717, 1.165) is 42.9 Å². The molecule has 19 heavy (non-hydrogen) atoms. The average Bonchev–Trinajstić information content (AvgIpc) is 3.03. The first-order chi connectivity index (χ1) is 9.20. The molecule has 0 aromatic carbocycles. The highest BCUT2D eigenvalue weighted by atomic mass is 32.1. The SMILES string of the molecule is CCCCc1nc(CCN2CCCC2)sc1C(=O)O. The normalized spacial score (nSPS) is 16.1. The average molecular weight is 282 g/mol. The van der Waals surface area contributed by atoms with Crippen LogP contribution in [0.1, 0.15) is 53.0 Å². The van der Waals surface area contributed by atoms with E-state index in [2.05, 4.69) is 16.8 Å². The first kappa shape index (κ1) is 14.5. The number of hydrogen-bond acceptors (Lipinski definition) is 4. The van der Waals surface area contributed by atoms with Crippen molar-refractivity contribution in [3.8, 4) is 0 Å².